The lowest BCUT2D eigenvalue weighted by molar-refractivity contribution is 0.409. The maximum absolute atomic E-state index is 5.61. The summed E-state index contributed by atoms with van der Waals surface area (Å²) in [5.41, 5.74) is 5.78. The summed E-state index contributed by atoms with van der Waals surface area (Å²) >= 11 is 0. The number of nitrogens with one attached hydrogen (secondary N) is 1. The number of rotatable bonds is 2. The van der Waals surface area contributed by atoms with E-state index in [1.807, 2.05) is 18.2 Å². The minimum Gasteiger partial charge on any atom is -0.494 e. The summed E-state index contributed by atoms with van der Waals surface area (Å²) in [6.07, 6.45) is 1.03. The van der Waals surface area contributed by atoms with Gasteiger partial charge in [-0.2, -0.15) is 0 Å². The van der Waals surface area contributed by atoms with Crippen LogP contribution in [0.15, 0.2) is 30.3 Å². The van der Waals surface area contributed by atoms with Crippen LogP contribution in [0, 0.1) is 6.92 Å². The molecule has 0 aliphatic carbocycles. The molecule has 19 heavy (non-hydrogen) atoms. The Labute approximate surface area is 113 Å². The highest BCUT2D eigenvalue weighted by Crippen LogP contribution is 2.35. The van der Waals surface area contributed by atoms with Crippen molar-refractivity contribution in [3.05, 3.63) is 47.2 Å². The summed E-state index contributed by atoms with van der Waals surface area (Å²) in [4.78, 5) is 4.83. The molecule has 3 nitrogen and oxygen atoms in total. The first-order valence-electron chi connectivity index (χ1n) is 6.63. The predicted molar refractivity (Wildman–Crippen MR) is 76.4 cm³/mol. The predicted octanol–water partition coefficient (Wildman–Crippen LogP) is 2.71. The number of ether oxygens (including phenoxy) is 1. The van der Waals surface area contributed by atoms with Gasteiger partial charge in [-0.05, 0) is 31.0 Å². The van der Waals surface area contributed by atoms with E-state index in [9.17, 15) is 0 Å². The molecule has 1 aliphatic heterocycles. The largest absolute Gasteiger partial charge is 0.494 e. The highest BCUT2D eigenvalue weighted by atomic mass is 16.5. The van der Waals surface area contributed by atoms with E-state index in [0.717, 1.165) is 42.2 Å². The molecule has 0 atom stereocenters. The van der Waals surface area contributed by atoms with Crippen LogP contribution in [0.25, 0.3) is 11.3 Å². The first-order valence-corrected chi connectivity index (χ1v) is 6.63. The maximum atomic E-state index is 5.61. The Morgan fingerprint density at radius 3 is 2.74 bits per heavy atom. The second-order valence-corrected chi connectivity index (χ2v) is 4.84. The first kappa shape index (κ1) is 12.2. The van der Waals surface area contributed by atoms with Crippen LogP contribution in [0.4, 0.5) is 0 Å². The molecule has 0 spiro atoms. The molecule has 0 bridgehead atoms. The fourth-order valence-electron chi connectivity index (χ4n) is 2.72. The van der Waals surface area contributed by atoms with Crippen LogP contribution >= 0.6 is 0 Å². The van der Waals surface area contributed by atoms with Crippen molar-refractivity contribution in [1.82, 2.24) is 10.3 Å². The minimum atomic E-state index is 0.847. The summed E-state index contributed by atoms with van der Waals surface area (Å²) < 4.78 is 5.61. The smallest absolute Gasteiger partial charge is 0.148 e. The molecule has 0 unspecified atom stereocenters. The summed E-state index contributed by atoms with van der Waals surface area (Å²) in [7, 11) is 1.73. The van der Waals surface area contributed by atoms with Crippen LogP contribution in [-0.2, 0) is 13.0 Å². The molecular formula is C16H18N2O. The average molecular weight is 254 g/mol. The van der Waals surface area contributed by atoms with E-state index < -0.39 is 0 Å². The van der Waals surface area contributed by atoms with Gasteiger partial charge in [-0.1, -0.05) is 30.3 Å². The third-order valence-corrected chi connectivity index (χ3v) is 3.70. The molecule has 3 heteroatoms. The van der Waals surface area contributed by atoms with E-state index in [2.05, 4.69) is 24.4 Å². The first-order chi connectivity index (χ1) is 9.31. The number of pyridine rings is 1. The van der Waals surface area contributed by atoms with Crippen LogP contribution in [0.2, 0.25) is 0 Å². The summed E-state index contributed by atoms with van der Waals surface area (Å²) in [6.45, 7) is 4.00. The molecule has 98 valence electrons. The monoisotopic (exact) mass is 254 g/mol. The van der Waals surface area contributed by atoms with Crippen molar-refractivity contribution < 1.29 is 4.74 Å². The van der Waals surface area contributed by atoms with Gasteiger partial charge in [0.15, 0.2) is 0 Å². The van der Waals surface area contributed by atoms with Crippen LogP contribution in [0.3, 0.4) is 0 Å². The second-order valence-electron chi connectivity index (χ2n) is 4.84. The van der Waals surface area contributed by atoms with E-state index >= 15 is 0 Å². The van der Waals surface area contributed by atoms with Crippen molar-refractivity contribution in [2.24, 2.45) is 0 Å². The molecule has 0 amide bonds. The van der Waals surface area contributed by atoms with Crippen LogP contribution < -0.4 is 10.1 Å². The van der Waals surface area contributed by atoms with Crippen molar-refractivity contribution in [2.75, 3.05) is 13.7 Å². The molecule has 0 saturated carbocycles. The quantitative estimate of drug-likeness (QED) is 0.894. The number of benzene rings is 1. The van der Waals surface area contributed by atoms with Crippen molar-refractivity contribution in [3.8, 4) is 17.0 Å². The highest BCUT2D eigenvalue weighted by Gasteiger charge is 2.20. The fraction of sp³-hybridized carbons (Fsp3) is 0.312. The van der Waals surface area contributed by atoms with Crippen molar-refractivity contribution >= 4 is 0 Å². The Hall–Kier alpha value is -1.87. The van der Waals surface area contributed by atoms with Gasteiger partial charge in [0.25, 0.3) is 0 Å². The SMILES string of the molecule is COc1c(-c2ccccc2)nc2c(c1C)CCNC2. The topological polar surface area (TPSA) is 34.1 Å². The van der Waals surface area contributed by atoms with Gasteiger partial charge in [0, 0.05) is 12.1 Å². The molecule has 3 rings (SSSR count). The Morgan fingerprint density at radius 2 is 2.00 bits per heavy atom. The number of aromatic nitrogens is 1. The number of nitrogens with zero attached hydrogens (tertiary/aromatic N) is 1. The van der Waals surface area contributed by atoms with Gasteiger partial charge in [-0.3, -0.25) is 0 Å². The van der Waals surface area contributed by atoms with Crippen molar-refractivity contribution in [3.63, 3.8) is 0 Å². The van der Waals surface area contributed by atoms with Gasteiger partial charge in [-0.15, -0.1) is 0 Å². The van der Waals surface area contributed by atoms with Crippen LogP contribution in [0.1, 0.15) is 16.8 Å². The van der Waals surface area contributed by atoms with Crippen molar-refractivity contribution in [2.45, 2.75) is 19.9 Å². The zero-order chi connectivity index (χ0) is 13.2. The molecule has 0 radical (unpaired) electrons. The lowest BCUT2D eigenvalue weighted by atomic mass is 9.97. The van der Waals surface area contributed by atoms with Gasteiger partial charge in [0.05, 0.1) is 12.8 Å². The lowest BCUT2D eigenvalue weighted by Crippen LogP contribution is -2.26. The normalized spacial score (nSPS) is 14.0. The molecular weight excluding hydrogens is 236 g/mol. The van der Waals surface area contributed by atoms with Crippen LogP contribution in [-0.4, -0.2) is 18.6 Å². The number of hydrogen-bond acceptors (Lipinski definition) is 3. The van der Waals surface area contributed by atoms with Gasteiger partial charge < -0.3 is 10.1 Å². The highest BCUT2D eigenvalue weighted by molar-refractivity contribution is 5.69. The van der Waals surface area contributed by atoms with Gasteiger partial charge in [0.1, 0.15) is 11.4 Å². The van der Waals surface area contributed by atoms with Gasteiger partial charge >= 0.3 is 0 Å². The molecule has 2 aromatic rings. The molecule has 1 aromatic heterocycles. The molecule has 0 fully saturated rings. The Bertz CT molecular complexity index is 593. The summed E-state index contributed by atoms with van der Waals surface area (Å²) in [5.74, 6) is 0.909. The fourth-order valence-corrected chi connectivity index (χ4v) is 2.72. The standard InChI is InChI=1S/C16H18N2O/c1-11-13-8-9-17-10-14(13)18-15(16(11)19-2)12-6-4-3-5-7-12/h3-7,17H,8-10H2,1-2H3. The van der Waals surface area contributed by atoms with Crippen LogP contribution in [0.5, 0.6) is 5.75 Å². The molecule has 1 N–H and O–H groups in total. The van der Waals surface area contributed by atoms with E-state index in [1.54, 1.807) is 7.11 Å². The third kappa shape index (κ3) is 2.10. The van der Waals surface area contributed by atoms with E-state index in [-0.39, 0.29) is 0 Å². The van der Waals surface area contributed by atoms with Gasteiger partial charge in [-0.25, -0.2) is 4.98 Å². The maximum Gasteiger partial charge on any atom is 0.148 e. The number of methoxy groups -OCH3 is 1. The molecule has 2 heterocycles. The second kappa shape index (κ2) is 5.02. The average Bonchev–Trinajstić information content (AvgIpc) is 2.48. The zero-order valence-corrected chi connectivity index (χ0v) is 11.4. The number of fused-ring (bicyclic) bond motifs is 1. The molecule has 1 aliphatic rings. The molecule has 1 aromatic carbocycles. The lowest BCUT2D eigenvalue weighted by Gasteiger charge is -2.22. The summed E-state index contributed by atoms with van der Waals surface area (Å²) in [6, 6.07) is 10.2. The van der Waals surface area contributed by atoms with Gasteiger partial charge in [0.2, 0.25) is 0 Å². The Kier molecular flexibility index (Phi) is 3.22. The Balaban J connectivity index is 2.22. The zero-order valence-electron chi connectivity index (χ0n) is 11.4. The minimum absolute atomic E-state index is 0.847. The van der Waals surface area contributed by atoms with Crippen molar-refractivity contribution in [1.29, 1.82) is 0 Å². The molecule has 0 saturated heterocycles. The van der Waals surface area contributed by atoms with E-state index in [1.165, 1.54) is 11.1 Å². The number of hydrogen-bond donors (Lipinski definition) is 1. The Morgan fingerprint density at radius 1 is 1.21 bits per heavy atom. The summed E-state index contributed by atoms with van der Waals surface area (Å²) in [5, 5.41) is 3.38. The van der Waals surface area contributed by atoms with E-state index in [4.69, 9.17) is 9.72 Å². The third-order valence-electron chi connectivity index (χ3n) is 3.70. The van der Waals surface area contributed by atoms with E-state index in [0.29, 0.717) is 0 Å².